The highest BCUT2D eigenvalue weighted by atomic mass is 16.4. The van der Waals surface area contributed by atoms with E-state index in [0.717, 1.165) is 0 Å². The minimum absolute atomic E-state index is 0.431. The van der Waals surface area contributed by atoms with E-state index in [1.807, 2.05) is 0 Å². The third-order valence-electron chi connectivity index (χ3n) is 0.817. The average molecular weight is 147 g/mol. The van der Waals surface area contributed by atoms with Crippen molar-refractivity contribution < 1.29 is 17.4 Å². The second-order valence-corrected chi connectivity index (χ2v) is 2.07. The lowest BCUT2D eigenvalue weighted by Crippen LogP contribution is -2.32. The summed E-state index contributed by atoms with van der Waals surface area (Å²) in [6, 6.07) is 0. The summed E-state index contributed by atoms with van der Waals surface area (Å²) in [4.78, 5) is 21.0. The Morgan fingerprint density at radius 1 is 1.70 bits per heavy atom. The predicted octanol–water partition coefficient (Wildman–Crippen LogP) is -0.157. The van der Waals surface area contributed by atoms with E-state index >= 15 is 0 Å². The van der Waals surface area contributed by atoms with Gasteiger partial charge in [-0.2, -0.15) is 0 Å². The van der Waals surface area contributed by atoms with Crippen molar-refractivity contribution in [1.29, 1.82) is 0 Å². The van der Waals surface area contributed by atoms with Crippen LogP contribution in [0.3, 0.4) is 0 Å². The lowest BCUT2D eigenvalue weighted by atomic mass is 10.2. The van der Waals surface area contributed by atoms with Gasteiger partial charge in [0, 0.05) is 5.92 Å². The molecule has 1 amide bonds. The Kier molecular flexibility index (Phi) is 2.21. The second kappa shape index (κ2) is 3.87. The van der Waals surface area contributed by atoms with Gasteiger partial charge in [-0.1, -0.05) is 13.8 Å². The van der Waals surface area contributed by atoms with Gasteiger partial charge in [-0.25, -0.2) is 0 Å². The Labute approximate surface area is 62.0 Å². The fourth-order valence-electron chi connectivity index (χ4n) is 0.259. The van der Waals surface area contributed by atoms with Gasteiger partial charge in [-0.3, -0.25) is 9.59 Å². The van der Waals surface area contributed by atoms with Gasteiger partial charge in [0.05, 0.1) is 2.74 Å². The normalized spacial score (nSPS) is 13.9. The standard InChI is InChI=1S/C6H11NO3/c1-4(2)6(10)7-3-5(8)9/h4H,3H2,1-2H3,(H,7,10)(H,8,9)/i3D2. The number of nitrogens with one attached hydrogen (secondary N) is 1. The van der Waals surface area contributed by atoms with Gasteiger partial charge in [0.1, 0.15) is 6.50 Å². The topological polar surface area (TPSA) is 66.4 Å². The largest absolute Gasteiger partial charge is 0.480 e. The molecule has 2 N–H and O–H groups in total. The predicted molar refractivity (Wildman–Crippen MR) is 35.5 cm³/mol. The zero-order valence-corrected chi connectivity index (χ0v) is 5.84. The number of hydrogen-bond acceptors (Lipinski definition) is 2. The molecule has 0 bridgehead atoms. The molecule has 0 aliphatic heterocycles. The van der Waals surface area contributed by atoms with Gasteiger partial charge in [-0.15, -0.1) is 0 Å². The van der Waals surface area contributed by atoms with Gasteiger partial charge in [-0.05, 0) is 0 Å². The summed E-state index contributed by atoms with van der Waals surface area (Å²) in [6.07, 6.45) is 0. The molecule has 58 valence electrons. The SMILES string of the molecule is [2H]C([2H])(NC(=O)C(C)C)C(=O)O. The molecule has 0 rings (SSSR count). The van der Waals surface area contributed by atoms with E-state index in [1.54, 1.807) is 19.2 Å². The number of carboxylic acid groups (broad SMARTS) is 1. The molecule has 4 heteroatoms. The summed E-state index contributed by atoms with van der Waals surface area (Å²) in [5.74, 6) is -2.75. The number of hydrogen-bond donors (Lipinski definition) is 2. The van der Waals surface area contributed by atoms with Gasteiger partial charge in [0.2, 0.25) is 5.91 Å². The maximum absolute atomic E-state index is 10.8. The highest BCUT2D eigenvalue weighted by Gasteiger charge is 2.06. The Bertz CT molecular complexity index is 203. The number of carbonyl (C=O) groups is 2. The van der Waals surface area contributed by atoms with Crippen LogP contribution in [-0.2, 0) is 9.59 Å². The highest BCUT2D eigenvalue weighted by molar-refractivity contribution is 5.82. The summed E-state index contributed by atoms with van der Waals surface area (Å²) in [5, 5.41) is 10.0. The van der Waals surface area contributed by atoms with Crippen molar-refractivity contribution in [2.24, 2.45) is 5.92 Å². The maximum atomic E-state index is 10.8. The molecule has 0 atom stereocenters. The van der Waals surface area contributed by atoms with Crippen LogP contribution in [0.2, 0.25) is 0 Å². The average Bonchev–Trinajstić information content (AvgIpc) is 1.85. The zero-order valence-electron chi connectivity index (χ0n) is 7.84. The molecule has 4 nitrogen and oxygen atoms in total. The zero-order chi connectivity index (χ0) is 9.94. The van der Waals surface area contributed by atoms with Crippen molar-refractivity contribution >= 4 is 11.9 Å². The smallest absolute Gasteiger partial charge is 0.322 e. The number of aliphatic carboxylic acids is 1. The van der Waals surface area contributed by atoms with Crippen LogP contribution >= 0.6 is 0 Å². The molecule has 0 unspecified atom stereocenters. The molecule has 0 saturated heterocycles. The third kappa shape index (κ3) is 3.88. The van der Waals surface area contributed by atoms with Crippen molar-refractivity contribution in [2.45, 2.75) is 13.8 Å². The first-order valence-electron chi connectivity index (χ1n) is 3.83. The molecular formula is C6H11NO3. The molecule has 0 fully saturated rings. The molecule has 0 aliphatic carbocycles. The van der Waals surface area contributed by atoms with E-state index in [-0.39, 0.29) is 0 Å². The lowest BCUT2D eigenvalue weighted by Gasteiger charge is -2.03. The van der Waals surface area contributed by atoms with Gasteiger partial charge in [0.15, 0.2) is 0 Å². The Balaban J connectivity index is 4.25. The fourth-order valence-corrected chi connectivity index (χ4v) is 0.259. The van der Waals surface area contributed by atoms with E-state index in [9.17, 15) is 9.59 Å². The third-order valence-corrected chi connectivity index (χ3v) is 0.817. The van der Waals surface area contributed by atoms with Crippen molar-refractivity contribution in [1.82, 2.24) is 5.32 Å². The van der Waals surface area contributed by atoms with Crippen molar-refractivity contribution in [3.8, 4) is 0 Å². The number of rotatable bonds is 3. The van der Waals surface area contributed by atoms with Crippen LogP contribution in [0.25, 0.3) is 0 Å². The molecule has 0 radical (unpaired) electrons. The lowest BCUT2D eigenvalue weighted by molar-refractivity contribution is -0.138. The van der Waals surface area contributed by atoms with Crippen LogP contribution in [0.4, 0.5) is 0 Å². The van der Waals surface area contributed by atoms with Crippen LogP contribution < -0.4 is 5.32 Å². The van der Waals surface area contributed by atoms with E-state index in [0.29, 0.717) is 0 Å². The van der Waals surface area contributed by atoms with Gasteiger partial charge >= 0.3 is 5.97 Å². The summed E-state index contributed by atoms with van der Waals surface area (Å²) in [7, 11) is 0. The summed E-state index contributed by atoms with van der Waals surface area (Å²) >= 11 is 0. The summed E-state index contributed by atoms with van der Waals surface area (Å²) < 4.78 is 13.7. The minimum atomic E-state index is -2.68. The van der Waals surface area contributed by atoms with Crippen LogP contribution in [0.15, 0.2) is 0 Å². The first kappa shape index (κ1) is 5.70. The molecule has 0 aromatic rings. The van der Waals surface area contributed by atoms with Crippen molar-refractivity contribution in [3.05, 3.63) is 0 Å². The molecule has 0 aliphatic rings. The van der Waals surface area contributed by atoms with Gasteiger partial charge < -0.3 is 10.4 Å². The molecule has 0 saturated carbocycles. The molecule has 0 spiro atoms. The quantitative estimate of drug-likeness (QED) is 0.583. The van der Waals surface area contributed by atoms with E-state index in [2.05, 4.69) is 0 Å². The van der Waals surface area contributed by atoms with Crippen molar-refractivity contribution in [3.63, 3.8) is 0 Å². The number of carboxylic acids is 1. The Morgan fingerprint density at radius 2 is 2.20 bits per heavy atom. The molecule has 0 heterocycles. The molecular weight excluding hydrogens is 134 g/mol. The van der Waals surface area contributed by atoms with E-state index in [1.165, 1.54) is 0 Å². The van der Waals surface area contributed by atoms with Crippen LogP contribution in [-0.4, -0.2) is 23.5 Å². The minimum Gasteiger partial charge on any atom is -0.480 e. The van der Waals surface area contributed by atoms with Crippen LogP contribution in [0, 0.1) is 5.92 Å². The number of amides is 1. The van der Waals surface area contributed by atoms with E-state index < -0.39 is 24.3 Å². The van der Waals surface area contributed by atoms with Crippen LogP contribution in [0.1, 0.15) is 16.6 Å². The van der Waals surface area contributed by atoms with E-state index in [4.69, 9.17) is 7.85 Å². The molecule has 0 aromatic heterocycles. The molecule has 10 heavy (non-hydrogen) atoms. The van der Waals surface area contributed by atoms with Crippen molar-refractivity contribution in [2.75, 3.05) is 6.50 Å². The first-order chi connectivity index (χ1) is 5.27. The maximum Gasteiger partial charge on any atom is 0.322 e. The highest BCUT2D eigenvalue weighted by Crippen LogP contribution is 1.88. The summed E-state index contributed by atoms with van der Waals surface area (Å²) in [5.41, 5.74) is 0. The Hall–Kier alpha value is -1.06. The Morgan fingerprint density at radius 3 is 2.50 bits per heavy atom. The molecule has 0 aromatic carbocycles. The number of carbonyl (C=O) groups excluding carboxylic acids is 1. The first-order valence-corrected chi connectivity index (χ1v) is 2.83. The fraction of sp³-hybridized carbons (Fsp3) is 0.667. The van der Waals surface area contributed by atoms with Gasteiger partial charge in [0.25, 0.3) is 0 Å². The second-order valence-electron chi connectivity index (χ2n) is 2.07. The monoisotopic (exact) mass is 147 g/mol. The van der Waals surface area contributed by atoms with Crippen LogP contribution in [0.5, 0.6) is 0 Å². The summed E-state index contributed by atoms with van der Waals surface area (Å²) in [6.45, 7) is 0.419.